The van der Waals surface area contributed by atoms with E-state index in [1.807, 2.05) is 24.9 Å². The fraction of sp³-hybridized carbons (Fsp3) is 0.364. The molecule has 0 fully saturated rings. The van der Waals surface area contributed by atoms with Crippen molar-refractivity contribution in [3.63, 3.8) is 0 Å². The molecule has 0 N–H and O–H groups in total. The van der Waals surface area contributed by atoms with Crippen LogP contribution in [0.15, 0.2) is 33.6 Å². The standard InChI is InChI=1S/C11H13BrN2O2S/c1-8(12)7-14(2)11-9-5-3-4-6-10(9)17(15,16)13-11/h3-6,8H,7H2,1-2H3. The van der Waals surface area contributed by atoms with Gasteiger partial charge in [-0.05, 0) is 12.1 Å². The summed E-state index contributed by atoms with van der Waals surface area (Å²) >= 11 is 3.44. The van der Waals surface area contributed by atoms with Crippen LogP contribution >= 0.6 is 15.9 Å². The molecule has 0 aliphatic carbocycles. The monoisotopic (exact) mass is 316 g/mol. The van der Waals surface area contributed by atoms with Crippen molar-refractivity contribution in [2.45, 2.75) is 16.6 Å². The minimum absolute atomic E-state index is 0.269. The van der Waals surface area contributed by atoms with Gasteiger partial charge in [-0.3, -0.25) is 0 Å². The fourth-order valence-electron chi connectivity index (χ4n) is 1.83. The maximum absolute atomic E-state index is 11.8. The van der Waals surface area contributed by atoms with Gasteiger partial charge in [-0.2, -0.15) is 8.42 Å². The average Bonchev–Trinajstić information content (AvgIpc) is 2.51. The normalized spacial score (nSPS) is 18.4. The second-order valence-corrected chi connectivity index (χ2v) is 7.18. The third-order valence-electron chi connectivity index (χ3n) is 2.50. The number of hydrogen-bond donors (Lipinski definition) is 0. The van der Waals surface area contributed by atoms with Crippen LogP contribution in [0, 0.1) is 0 Å². The Morgan fingerprint density at radius 1 is 1.41 bits per heavy atom. The highest BCUT2D eigenvalue weighted by molar-refractivity contribution is 9.09. The molecule has 17 heavy (non-hydrogen) atoms. The number of fused-ring (bicyclic) bond motifs is 1. The van der Waals surface area contributed by atoms with E-state index < -0.39 is 10.0 Å². The molecule has 0 amide bonds. The van der Waals surface area contributed by atoms with Crippen molar-refractivity contribution in [3.05, 3.63) is 29.8 Å². The van der Waals surface area contributed by atoms with E-state index in [4.69, 9.17) is 0 Å². The largest absolute Gasteiger partial charge is 0.357 e. The van der Waals surface area contributed by atoms with Gasteiger partial charge < -0.3 is 4.90 Å². The van der Waals surface area contributed by atoms with Gasteiger partial charge in [0.2, 0.25) is 0 Å². The van der Waals surface area contributed by atoms with E-state index in [-0.39, 0.29) is 4.83 Å². The Hall–Kier alpha value is -0.880. The molecule has 1 aromatic carbocycles. The number of alkyl halides is 1. The summed E-state index contributed by atoms with van der Waals surface area (Å²) in [6.07, 6.45) is 0. The number of benzene rings is 1. The molecule has 1 atom stereocenters. The highest BCUT2D eigenvalue weighted by Gasteiger charge is 2.30. The first-order valence-corrected chi connectivity index (χ1v) is 7.57. The van der Waals surface area contributed by atoms with Crippen LogP contribution in [0.5, 0.6) is 0 Å². The van der Waals surface area contributed by atoms with Gasteiger partial charge in [-0.1, -0.05) is 35.0 Å². The fourth-order valence-corrected chi connectivity index (χ4v) is 3.51. The Morgan fingerprint density at radius 2 is 2.06 bits per heavy atom. The van der Waals surface area contributed by atoms with Crippen LogP contribution in [0.25, 0.3) is 0 Å². The van der Waals surface area contributed by atoms with Gasteiger partial charge in [0.1, 0.15) is 4.90 Å². The summed E-state index contributed by atoms with van der Waals surface area (Å²) in [5, 5.41) is 0. The quantitative estimate of drug-likeness (QED) is 0.782. The first kappa shape index (κ1) is 12.6. The molecule has 1 aliphatic heterocycles. The van der Waals surface area contributed by atoms with Gasteiger partial charge in [-0.15, -0.1) is 4.40 Å². The molecule has 1 aromatic rings. The van der Waals surface area contributed by atoms with E-state index in [0.717, 1.165) is 0 Å². The molecular weight excluding hydrogens is 304 g/mol. The SMILES string of the molecule is CC(Br)CN(C)C1=NS(=O)(=O)c2ccccc21. The third kappa shape index (κ3) is 2.37. The van der Waals surface area contributed by atoms with Crippen molar-refractivity contribution in [2.75, 3.05) is 13.6 Å². The van der Waals surface area contributed by atoms with Crippen LogP contribution in [0.3, 0.4) is 0 Å². The second kappa shape index (κ2) is 4.42. The van der Waals surface area contributed by atoms with Gasteiger partial charge >= 0.3 is 0 Å². The Balaban J connectivity index is 2.45. The minimum Gasteiger partial charge on any atom is -0.357 e. The predicted molar refractivity (Wildman–Crippen MR) is 71.2 cm³/mol. The molecule has 1 aliphatic rings. The zero-order chi connectivity index (χ0) is 12.6. The lowest BCUT2D eigenvalue weighted by molar-refractivity contribution is 0.512. The van der Waals surface area contributed by atoms with Crippen LogP contribution in [0.4, 0.5) is 0 Å². The molecule has 1 unspecified atom stereocenters. The van der Waals surface area contributed by atoms with Crippen molar-refractivity contribution in [1.82, 2.24) is 4.90 Å². The van der Waals surface area contributed by atoms with E-state index in [0.29, 0.717) is 22.8 Å². The molecule has 1 heterocycles. The van der Waals surface area contributed by atoms with Gasteiger partial charge in [0.05, 0.1) is 0 Å². The van der Waals surface area contributed by atoms with E-state index in [1.54, 1.807) is 18.2 Å². The number of nitrogens with zero attached hydrogens (tertiary/aromatic N) is 2. The van der Waals surface area contributed by atoms with Crippen molar-refractivity contribution in [1.29, 1.82) is 0 Å². The number of amidine groups is 1. The lowest BCUT2D eigenvalue weighted by atomic mass is 10.2. The lowest BCUT2D eigenvalue weighted by Crippen LogP contribution is -2.31. The Labute approximate surface area is 110 Å². The molecule has 0 saturated carbocycles. The van der Waals surface area contributed by atoms with Crippen LogP contribution in [-0.4, -0.2) is 37.6 Å². The Bertz CT molecular complexity index is 567. The molecule has 0 saturated heterocycles. The average molecular weight is 317 g/mol. The third-order valence-corrected chi connectivity index (χ3v) is 4.11. The maximum atomic E-state index is 11.8. The molecule has 6 heteroatoms. The predicted octanol–water partition coefficient (Wildman–Crippen LogP) is 1.85. The van der Waals surface area contributed by atoms with Crippen LogP contribution in [-0.2, 0) is 10.0 Å². The van der Waals surface area contributed by atoms with Gasteiger partial charge in [0.25, 0.3) is 10.0 Å². The van der Waals surface area contributed by atoms with Gasteiger partial charge in [0, 0.05) is 24.0 Å². The molecular formula is C11H13BrN2O2S. The minimum atomic E-state index is -3.50. The molecule has 0 radical (unpaired) electrons. The zero-order valence-corrected chi connectivity index (χ0v) is 12.0. The molecule has 92 valence electrons. The molecule has 2 rings (SSSR count). The van der Waals surface area contributed by atoms with Crippen LogP contribution in [0.1, 0.15) is 12.5 Å². The molecule has 4 nitrogen and oxygen atoms in total. The van der Waals surface area contributed by atoms with E-state index in [2.05, 4.69) is 20.3 Å². The molecule has 0 spiro atoms. The first-order valence-electron chi connectivity index (χ1n) is 5.21. The van der Waals surface area contributed by atoms with Crippen molar-refractivity contribution >= 4 is 31.8 Å². The van der Waals surface area contributed by atoms with Crippen LogP contribution in [0.2, 0.25) is 0 Å². The lowest BCUT2D eigenvalue weighted by Gasteiger charge is -2.20. The number of rotatable bonds is 2. The summed E-state index contributed by atoms with van der Waals surface area (Å²) in [5.41, 5.74) is 0.683. The summed E-state index contributed by atoms with van der Waals surface area (Å²) in [6, 6.07) is 6.91. The van der Waals surface area contributed by atoms with E-state index in [1.165, 1.54) is 0 Å². The second-order valence-electron chi connectivity index (χ2n) is 4.05. The highest BCUT2D eigenvalue weighted by Crippen LogP contribution is 2.27. The van der Waals surface area contributed by atoms with Crippen LogP contribution < -0.4 is 0 Å². The summed E-state index contributed by atoms with van der Waals surface area (Å²) < 4.78 is 27.5. The summed E-state index contributed by atoms with van der Waals surface area (Å²) in [6.45, 7) is 2.70. The highest BCUT2D eigenvalue weighted by atomic mass is 79.9. The summed E-state index contributed by atoms with van der Waals surface area (Å²) in [5.74, 6) is 0.520. The number of hydrogen-bond acceptors (Lipinski definition) is 3. The van der Waals surface area contributed by atoms with Crippen molar-refractivity contribution < 1.29 is 8.42 Å². The topological polar surface area (TPSA) is 49.7 Å². The first-order chi connectivity index (χ1) is 7.92. The number of sulfonamides is 1. The van der Waals surface area contributed by atoms with Crippen molar-refractivity contribution in [3.8, 4) is 0 Å². The van der Waals surface area contributed by atoms with Gasteiger partial charge in [0.15, 0.2) is 5.84 Å². The van der Waals surface area contributed by atoms with E-state index >= 15 is 0 Å². The maximum Gasteiger partial charge on any atom is 0.285 e. The summed E-state index contributed by atoms with van der Waals surface area (Å²) in [7, 11) is -1.66. The Kier molecular flexibility index (Phi) is 3.27. The van der Waals surface area contributed by atoms with Gasteiger partial charge in [-0.25, -0.2) is 0 Å². The Morgan fingerprint density at radius 3 is 2.71 bits per heavy atom. The zero-order valence-electron chi connectivity index (χ0n) is 9.59. The van der Waals surface area contributed by atoms with Crippen molar-refractivity contribution in [2.24, 2.45) is 4.40 Å². The molecule has 0 aromatic heterocycles. The van der Waals surface area contributed by atoms with E-state index in [9.17, 15) is 8.42 Å². The number of halogens is 1. The molecule has 0 bridgehead atoms. The summed E-state index contributed by atoms with van der Waals surface area (Å²) in [4.78, 5) is 2.41. The smallest absolute Gasteiger partial charge is 0.285 e.